The van der Waals surface area contributed by atoms with Crippen molar-refractivity contribution in [1.29, 1.82) is 0 Å². The van der Waals surface area contributed by atoms with Gasteiger partial charge in [-0.25, -0.2) is 9.90 Å². The van der Waals surface area contributed by atoms with E-state index in [2.05, 4.69) is 55.5 Å². The third-order valence-electron chi connectivity index (χ3n) is 6.09. The number of hydrogen-bond acceptors (Lipinski definition) is 3. The number of ether oxygens (including phenoxy) is 1. The molecule has 0 aliphatic rings. The zero-order valence-electron chi connectivity index (χ0n) is 17.9. The van der Waals surface area contributed by atoms with Gasteiger partial charge in [-0.15, -0.1) is 0 Å². The van der Waals surface area contributed by atoms with Crippen molar-refractivity contribution in [2.24, 2.45) is 0 Å². The second kappa shape index (κ2) is 9.34. The predicted octanol–water partition coefficient (Wildman–Crippen LogP) is 6.14. The number of carbonyl (C=O) groups is 2. The molecule has 0 unspecified atom stereocenters. The van der Waals surface area contributed by atoms with Crippen LogP contribution in [0.3, 0.4) is 0 Å². The number of benzene rings is 4. The molecule has 4 rings (SSSR count). The zero-order valence-corrected chi connectivity index (χ0v) is 17.9. The van der Waals surface area contributed by atoms with E-state index in [0.717, 1.165) is 19.3 Å². The Bertz CT molecular complexity index is 1220. The highest BCUT2D eigenvalue weighted by Gasteiger charge is 2.13. The van der Waals surface area contributed by atoms with Gasteiger partial charge in [0.1, 0.15) is 0 Å². The Labute approximate surface area is 182 Å². The maximum absolute atomic E-state index is 12.0. The lowest BCUT2D eigenvalue weighted by Crippen LogP contribution is -2.06. The number of rotatable bonds is 10. The summed E-state index contributed by atoms with van der Waals surface area (Å²) in [5, 5.41) is 18.2. The second-order valence-electron chi connectivity index (χ2n) is 8.13. The lowest BCUT2D eigenvalue weighted by atomic mass is 9.88. The minimum atomic E-state index is -1.06. The molecule has 0 amide bonds. The molecular weight excluding hydrogens is 388 g/mol. The summed E-state index contributed by atoms with van der Waals surface area (Å²) in [6.07, 6.45) is 3.94. The van der Waals surface area contributed by atoms with Crippen LogP contribution in [0.4, 0.5) is 0 Å². The van der Waals surface area contributed by atoms with E-state index in [1.807, 2.05) is 0 Å². The molecule has 0 aromatic heterocycles. The fourth-order valence-corrected chi connectivity index (χ4v) is 4.50. The van der Waals surface area contributed by atoms with Crippen LogP contribution in [0.2, 0.25) is 0 Å². The summed E-state index contributed by atoms with van der Waals surface area (Å²) in [7, 11) is 0. The fraction of sp³-hybridized carbons (Fsp3) is 0.333. The van der Waals surface area contributed by atoms with Gasteiger partial charge < -0.3 is 4.74 Å². The van der Waals surface area contributed by atoms with Crippen molar-refractivity contribution in [2.45, 2.75) is 51.9 Å². The van der Waals surface area contributed by atoms with Crippen molar-refractivity contribution in [2.75, 3.05) is 6.61 Å². The summed E-state index contributed by atoms with van der Waals surface area (Å²) in [6.45, 7) is 2.46. The van der Waals surface area contributed by atoms with Crippen LogP contribution in [-0.4, -0.2) is 18.5 Å². The van der Waals surface area contributed by atoms with Crippen LogP contribution in [0.25, 0.3) is 32.3 Å². The Kier molecular flexibility index (Phi) is 6.36. The predicted molar refractivity (Wildman–Crippen MR) is 123 cm³/mol. The van der Waals surface area contributed by atoms with Crippen molar-refractivity contribution in [3.05, 3.63) is 59.7 Å². The summed E-state index contributed by atoms with van der Waals surface area (Å²) < 4.78 is 5.22. The normalized spacial score (nSPS) is 11.5. The summed E-state index contributed by atoms with van der Waals surface area (Å²) in [6, 6.07) is 17.7. The molecule has 0 aliphatic heterocycles. The highest BCUT2D eigenvalue weighted by Crippen LogP contribution is 2.37. The molecule has 0 fully saturated rings. The van der Waals surface area contributed by atoms with E-state index >= 15 is 0 Å². The highest BCUT2D eigenvalue weighted by molar-refractivity contribution is 6.24. The van der Waals surface area contributed by atoms with Gasteiger partial charge in [0.15, 0.2) is 0 Å². The van der Waals surface area contributed by atoms with Crippen LogP contribution in [0, 0.1) is 0 Å². The lowest BCUT2D eigenvalue weighted by molar-refractivity contribution is -0.144. The topological polar surface area (TPSA) is 63.3 Å². The SMILES string of the molecule is CCc1ccc2ccc3ccc(CCCC(=O)OCCCCC([O])=O)c4ccc1c2c34. The van der Waals surface area contributed by atoms with Crippen LogP contribution in [0.5, 0.6) is 0 Å². The quantitative estimate of drug-likeness (QED) is 0.178. The van der Waals surface area contributed by atoms with Crippen LogP contribution in [0.1, 0.15) is 50.2 Å². The molecule has 4 heteroatoms. The van der Waals surface area contributed by atoms with Crippen molar-refractivity contribution < 1.29 is 19.4 Å². The second-order valence-corrected chi connectivity index (χ2v) is 8.13. The lowest BCUT2D eigenvalue weighted by Gasteiger charge is -2.15. The first kappa shape index (κ1) is 21.1. The first-order valence-electron chi connectivity index (χ1n) is 11.1. The maximum atomic E-state index is 12.0. The minimum absolute atomic E-state index is 0.00591. The number of esters is 1. The number of hydrogen-bond donors (Lipinski definition) is 0. The summed E-state index contributed by atoms with van der Waals surface area (Å²) in [5.74, 6) is -1.29. The van der Waals surface area contributed by atoms with E-state index in [1.165, 1.54) is 43.4 Å². The van der Waals surface area contributed by atoms with E-state index in [0.29, 0.717) is 19.3 Å². The van der Waals surface area contributed by atoms with Gasteiger partial charge in [0, 0.05) is 6.42 Å². The van der Waals surface area contributed by atoms with Crippen LogP contribution >= 0.6 is 0 Å². The molecule has 0 N–H and O–H groups in total. The van der Waals surface area contributed by atoms with Gasteiger partial charge in [-0.05, 0) is 75.5 Å². The summed E-state index contributed by atoms with van der Waals surface area (Å²) in [5.41, 5.74) is 2.63. The van der Waals surface area contributed by atoms with Crippen LogP contribution in [-0.2, 0) is 32.3 Å². The highest BCUT2D eigenvalue weighted by atomic mass is 16.5. The van der Waals surface area contributed by atoms with Crippen LogP contribution < -0.4 is 0 Å². The third-order valence-corrected chi connectivity index (χ3v) is 6.09. The molecule has 0 spiro atoms. The molecule has 159 valence electrons. The first-order valence-corrected chi connectivity index (χ1v) is 11.1. The summed E-state index contributed by atoms with van der Waals surface area (Å²) in [4.78, 5) is 22.4. The van der Waals surface area contributed by atoms with E-state index in [9.17, 15) is 14.7 Å². The Hall–Kier alpha value is -3.14. The molecule has 0 saturated carbocycles. The van der Waals surface area contributed by atoms with Gasteiger partial charge >= 0.3 is 11.9 Å². The van der Waals surface area contributed by atoms with E-state index < -0.39 is 5.97 Å². The average molecular weight is 416 g/mol. The van der Waals surface area contributed by atoms with E-state index in [4.69, 9.17) is 4.74 Å². The fourth-order valence-electron chi connectivity index (χ4n) is 4.50. The maximum Gasteiger partial charge on any atom is 0.355 e. The largest absolute Gasteiger partial charge is 0.466 e. The Morgan fingerprint density at radius 1 is 0.742 bits per heavy atom. The third kappa shape index (κ3) is 4.48. The molecule has 4 nitrogen and oxygen atoms in total. The molecule has 0 saturated heterocycles. The van der Waals surface area contributed by atoms with Crippen LogP contribution in [0.15, 0.2) is 48.5 Å². The van der Waals surface area contributed by atoms with Crippen molar-refractivity contribution in [1.82, 2.24) is 0 Å². The molecule has 31 heavy (non-hydrogen) atoms. The van der Waals surface area contributed by atoms with Gasteiger partial charge in [0.2, 0.25) is 0 Å². The Balaban J connectivity index is 1.46. The molecule has 4 aromatic rings. The van der Waals surface area contributed by atoms with Gasteiger partial charge in [0.25, 0.3) is 0 Å². The number of carbonyl (C=O) groups excluding carboxylic acids is 2. The minimum Gasteiger partial charge on any atom is -0.466 e. The first-order chi connectivity index (χ1) is 15.1. The van der Waals surface area contributed by atoms with Crippen molar-refractivity contribution >= 4 is 44.3 Å². The van der Waals surface area contributed by atoms with Gasteiger partial charge in [-0.2, -0.15) is 0 Å². The molecule has 0 atom stereocenters. The molecule has 0 aliphatic carbocycles. The van der Waals surface area contributed by atoms with Crippen molar-refractivity contribution in [3.63, 3.8) is 0 Å². The van der Waals surface area contributed by atoms with Crippen molar-refractivity contribution in [3.8, 4) is 0 Å². The summed E-state index contributed by atoms with van der Waals surface area (Å²) >= 11 is 0. The number of unbranched alkanes of at least 4 members (excludes halogenated alkanes) is 1. The monoisotopic (exact) mass is 415 g/mol. The zero-order chi connectivity index (χ0) is 21.8. The van der Waals surface area contributed by atoms with E-state index in [1.54, 1.807) is 0 Å². The smallest absolute Gasteiger partial charge is 0.355 e. The van der Waals surface area contributed by atoms with Gasteiger partial charge in [-0.3, -0.25) is 4.79 Å². The average Bonchev–Trinajstić information content (AvgIpc) is 2.77. The Morgan fingerprint density at radius 2 is 1.35 bits per heavy atom. The number of aryl methyl sites for hydroxylation is 2. The molecular formula is C27H27O4. The van der Waals surface area contributed by atoms with Gasteiger partial charge in [0.05, 0.1) is 13.0 Å². The molecule has 4 aromatic carbocycles. The van der Waals surface area contributed by atoms with E-state index in [-0.39, 0.29) is 19.0 Å². The van der Waals surface area contributed by atoms with Gasteiger partial charge in [-0.1, -0.05) is 55.5 Å². The molecule has 0 heterocycles. The molecule has 1 radical (unpaired) electrons. The Morgan fingerprint density at radius 3 is 2.00 bits per heavy atom. The molecule has 0 bridgehead atoms. The standard InChI is InChI=1S/C27H27O4/c1-2-18-9-11-20-13-14-21-12-10-19(23-16-15-22(18)26(20)27(21)23)6-5-8-25(30)31-17-4-3-7-24(28)29/h9-16H,2-8,17H2,1H3.